The smallest absolute Gasteiger partial charge is 0.226 e. The van der Waals surface area contributed by atoms with Crippen LogP contribution in [0.1, 0.15) is 31.7 Å². The summed E-state index contributed by atoms with van der Waals surface area (Å²) in [6.45, 7) is 5.83. The monoisotopic (exact) mass is 364 g/mol. The molecule has 1 amide bonds. The normalized spacial score (nSPS) is 10.8. The second-order valence-electron chi connectivity index (χ2n) is 6.63. The summed E-state index contributed by atoms with van der Waals surface area (Å²) in [5, 5.41) is 2.90. The van der Waals surface area contributed by atoms with E-state index < -0.39 is 0 Å². The molecule has 0 spiro atoms. The number of rotatable bonds is 7. The molecule has 0 aliphatic rings. The lowest BCUT2D eigenvalue weighted by molar-refractivity contribution is -0.116. The molecule has 1 N–H and O–H groups in total. The molecule has 5 nitrogen and oxygen atoms in total. The van der Waals surface area contributed by atoms with E-state index in [-0.39, 0.29) is 12.0 Å². The Hall–Kier alpha value is -3.08. The molecule has 3 rings (SSSR count). The summed E-state index contributed by atoms with van der Waals surface area (Å²) in [7, 11) is 0. The molecule has 27 heavy (non-hydrogen) atoms. The van der Waals surface area contributed by atoms with Gasteiger partial charge in [0, 0.05) is 24.1 Å². The lowest BCUT2D eigenvalue weighted by atomic mass is 10.2. The van der Waals surface area contributed by atoms with Crippen LogP contribution in [0, 0.1) is 6.92 Å². The molecule has 0 aliphatic carbocycles. The molecule has 0 atom stereocenters. The number of hydrogen-bond acceptors (Lipinski definition) is 4. The standard InChI is InChI=1S/C22H24N2O3/c1-15(2)26-19-11-9-18(10-12-19)23-21(25)14-13-20-16(3)27-22(24-20)17-7-5-4-6-8-17/h4-12,15H,13-14H2,1-3H3,(H,23,25). The van der Waals surface area contributed by atoms with Gasteiger partial charge in [-0.2, -0.15) is 0 Å². The van der Waals surface area contributed by atoms with Crippen molar-refractivity contribution in [1.82, 2.24) is 4.98 Å². The van der Waals surface area contributed by atoms with E-state index in [0.29, 0.717) is 18.7 Å². The van der Waals surface area contributed by atoms with Crippen LogP contribution >= 0.6 is 0 Å². The van der Waals surface area contributed by atoms with Gasteiger partial charge >= 0.3 is 0 Å². The van der Waals surface area contributed by atoms with Crippen molar-refractivity contribution in [1.29, 1.82) is 0 Å². The molecule has 0 saturated carbocycles. The zero-order chi connectivity index (χ0) is 19.2. The predicted octanol–water partition coefficient (Wildman–Crippen LogP) is 5.01. The van der Waals surface area contributed by atoms with Crippen molar-refractivity contribution in [2.45, 2.75) is 39.7 Å². The van der Waals surface area contributed by atoms with E-state index in [4.69, 9.17) is 9.15 Å². The van der Waals surface area contributed by atoms with Crippen molar-refractivity contribution in [2.24, 2.45) is 0 Å². The van der Waals surface area contributed by atoms with E-state index in [1.807, 2.05) is 75.4 Å². The van der Waals surface area contributed by atoms with Gasteiger partial charge in [0.15, 0.2) is 0 Å². The Balaban J connectivity index is 1.56. The average molecular weight is 364 g/mol. The quantitative estimate of drug-likeness (QED) is 0.640. The van der Waals surface area contributed by atoms with Crippen molar-refractivity contribution in [3.05, 3.63) is 66.1 Å². The van der Waals surface area contributed by atoms with Crippen LogP contribution in [0.5, 0.6) is 5.75 Å². The van der Waals surface area contributed by atoms with Gasteiger partial charge in [0.05, 0.1) is 11.8 Å². The first kappa shape index (κ1) is 18.7. The van der Waals surface area contributed by atoms with Gasteiger partial charge in [0.2, 0.25) is 11.8 Å². The highest BCUT2D eigenvalue weighted by molar-refractivity contribution is 5.90. The molecule has 1 heterocycles. The van der Waals surface area contributed by atoms with Gasteiger partial charge < -0.3 is 14.5 Å². The molecule has 0 unspecified atom stereocenters. The highest BCUT2D eigenvalue weighted by Crippen LogP contribution is 2.22. The van der Waals surface area contributed by atoms with Gasteiger partial charge in [-0.25, -0.2) is 4.98 Å². The number of nitrogens with one attached hydrogen (secondary N) is 1. The Kier molecular flexibility index (Phi) is 5.91. The lowest BCUT2D eigenvalue weighted by Gasteiger charge is -2.10. The number of aromatic nitrogens is 1. The number of aryl methyl sites for hydroxylation is 2. The number of nitrogens with zero attached hydrogens (tertiary/aromatic N) is 1. The summed E-state index contributed by atoms with van der Waals surface area (Å²) in [5.41, 5.74) is 2.49. The zero-order valence-corrected chi connectivity index (χ0v) is 15.9. The number of oxazole rings is 1. The van der Waals surface area contributed by atoms with Crippen LogP contribution in [0.3, 0.4) is 0 Å². The van der Waals surface area contributed by atoms with Crippen molar-refractivity contribution in [2.75, 3.05) is 5.32 Å². The second kappa shape index (κ2) is 8.54. The Morgan fingerprint density at radius 1 is 1.11 bits per heavy atom. The fourth-order valence-electron chi connectivity index (χ4n) is 2.71. The summed E-state index contributed by atoms with van der Waals surface area (Å²) in [6, 6.07) is 17.1. The number of ether oxygens (including phenoxy) is 1. The Morgan fingerprint density at radius 3 is 2.48 bits per heavy atom. The van der Waals surface area contributed by atoms with Crippen molar-refractivity contribution in [3.8, 4) is 17.2 Å². The van der Waals surface area contributed by atoms with E-state index in [1.54, 1.807) is 0 Å². The zero-order valence-electron chi connectivity index (χ0n) is 15.9. The van der Waals surface area contributed by atoms with E-state index >= 15 is 0 Å². The summed E-state index contributed by atoms with van der Waals surface area (Å²) < 4.78 is 11.3. The van der Waals surface area contributed by atoms with Crippen molar-refractivity contribution >= 4 is 11.6 Å². The first-order chi connectivity index (χ1) is 13.0. The van der Waals surface area contributed by atoms with Crippen LogP contribution in [-0.4, -0.2) is 17.0 Å². The number of carbonyl (C=O) groups excluding carboxylic acids is 1. The SMILES string of the molecule is Cc1oc(-c2ccccc2)nc1CCC(=O)Nc1ccc(OC(C)C)cc1. The maximum Gasteiger partial charge on any atom is 0.226 e. The summed E-state index contributed by atoms with van der Waals surface area (Å²) in [5.74, 6) is 2.06. The fraction of sp³-hybridized carbons (Fsp3) is 0.273. The van der Waals surface area contributed by atoms with Gasteiger partial charge in [-0.05, 0) is 57.2 Å². The van der Waals surface area contributed by atoms with Gasteiger partial charge in [0.1, 0.15) is 11.5 Å². The van der Waals surface area contributed by atoms with Crippen LogP contribution < -0.4 is 10.1 Å². The van der Waals surface area contributed by atoms with Crippen LogP contribution in [0.15, 0.2) is 59.0 Å². The molecular weight excluding hydrogens is 340 g/mol. The van der Waals surface area contributed by atoms with Crippen molar-refractivity contribution < 1.29 is 13.9 Å². The summed E-state index contributed by atoms with van der Waals surface area (Å²) >= 11 is 0. The largest absolute Gasteiger partial charge is 0.491 e. The first-order valence-electron chi connectivity index (χ1n) is 9.09. The fourth-order valence-corrected chi connectivity index (χ4v) is 2.71. The number of amides is 1. The molecule has 0 radical (unpaired) electrons. The molecule has 140 valence electrons. The molecular formula is C22H24N2O3. The lowest BCUT2D eigenvalue weighted by Crippen LogP contribution is -2.12. The predicted molar refractivity (Wildman–Crippen MR) is 106 cm³/mol. The number of carbonyl (C=O) groups is 1. The molecule has 5 heteroatoms. The Morgan fingerprint density at radius 2 is 1.81 bits per heavy atom. The minimum atomic E-state index is -0.0591. The molecule has 0 bridgehead atoms. The Bertz CT molecular complexity index is 884. The minimum Gasteiger partial charge on any atom is -0.491 e. The first-order valence-corrected chi connectivity index (χ1v) is 9.09. The van der Waals surface area contributed by atoms with E-state index in [2.05, 4.69) is 10.3 Å². The number of hydrogen-bond donors (Lipinski definition) is 1. The molecule has 2 aromatic carbocycles. The molecule has 0 saturated heterocycles. The maximum absolute atomic E-state index is 12.2. The van der Waals surface area contributed by atoms with Gasteiger partial charge in [-0.15, -0.1) is 0 Å². The maximum atomic E-state index is 12.2. The number of benzene rings is 2. The average Bonchev–Trinajstić information content (AvgIpc) is 3.03. The van der Waals surface area contributed by atoms with Crippen molar-refractivity contribution in [3.63, 3.8) is 0 Å². The van der Waals surface area contributed by atoms with E-state index in [1.165, 1.54) is 0 Å². The van der Waals surface area contributed by atoms with Gasteiger partial charge in [-0.1, -0.05) is 18.2 Å². The van der Waals surface area contributed by atoms with Crippen LogP contribution in [-0.2, 0) is 11.2 Å². The van der Waals surface area contributed by atoms with Crippen LogP contribution in [0.4, 0.5) is 5.69 Å². The van der Waals surface area contributed by atoms with Gasteiger partial charge in [-0.3, -0.25) is 4.79 Å². The van der Waals surface area contributed by atoms with Crippen LogP contribution in [0.25, 0.3) is 11.5 Å². The topological polar surface area (TPSA) is 64.4 Å². The summed E-state index contributed by atoms with van der Waals surface area (Å²) in [4.78, 5) is 16.8. The second-order valence-corrected chi connectivity index (χ2v) is 6.63. The Labute approximate surface area is 159 Å². The number of anilines is 1. The minimum absolute atomic E-state index is 0.0591. The highest BCUT2D eigenvalue weighted by Gasteiger charge is 2.13. The molecule has 0 fully saturated rings. The van der Waals surface area contributed by atoms with Crippen LogP contribution in [0.2, 0.25) is 0 Å². The van der Waals surface area contributed by atoms with E-state index in [0.717, 1.165) is 28.5 Å². The molecule has 3 aromatic rings. The third-order valence-electron chi connectivity index (χ3n) is 4.01. The third-order valence-corrected chi connectivity index (χ3v) is 4.01. The summed E-state index contributed by atoms with van der Waals surface area (Å²) in [6.07, 6.45) is 0.992. The molecule has 1 aromatic heterocycles. The van der Waals surface area contributed by atoms with E-state index in [9.17, 15) is 4.79 Å². The molecule has 0 aliphatic heterocycles. The van der Waals surface area contributed by atoms with Gasteiger partial charge in [0.25, 0.3) is 0 Å². The highest BCUT2D eigenvalue weighted by atomic mass is 16.5. The third kappa shape index (κ3) is 5.20.